The number of rotatable bonds is 6. The Hall–Kier alpha value is -1.76. The number of aromatic nitrogens is 1. The molecule has 0 amide bonds. The molecule has 0 fully saturated rings. The van der Waals surface area contributed by atoms with Gasteiger partial charge in [0.15, 0.2) is 5.17 Å². The molecular formula is C14H18FN3O2S. The van der Waals surface area contributed by atoms with Gasteiger partial charge in [-0.3, -0.25) is 14.8 Å². The lowest BCUT2D eigenvalue weighted by atomic mass is 10.1. The Morgan fingerprint density at radius 2 is 2.24 bits per heavy atom. The molecule has 1 N–H and O–H groups in total. The minimum absolute atomic E-state index is 0.103. The molecule has 0 bridgehead atoms. The summed E-state index contributed by atoms with van der Waals surface area (Å²) in [6.45, 7) is 2.06. The molecule has 1 heterocycles. The van der Waals surface area contributed by atoms with Gasteiger partial charge in [-0.05, 0) is 25.0 Å². The van der Waals surface area contributed by atoms with Crippen LogP contribution in [0.5, 0.6) is 0 Å². The molecule has 0 spiro atoms. The Labute approximate surface area is 127 Å². The lowest BCUT2D eigenvalue weighted by Crippen LogP contribution is -2.08. The van der Waals surface area contributed by atoms with Gasteiger partial charge in [-0.1, -0.05) is 25.1 Å². The number of halogens is 1. The molecule has 1 aromatic rings. The number of carbonyl (C=O) groups is 1. The second-order valence-corrected chi connectivity index (χ2v) is 5.15. The molecule has 0 radical (unpaired) electrons. The second kappa shape index (κ2) is 9.23. The molecule has 0 unspecified atom stereocenters. The van der Waals surface area contributed by atoms with E-state index in [0.717, 1.165) is 30.8 Å². The highest BCUT2D eigenvalue weighted by molar-refractivity contribution is 8.14. The predicted molar refractivity (Wildman–Crippen MR) is 83.7 cm³/mol. The first-order valence-corrected chi connectivity index (χ1v) is 7.56. The summed E-state index contributed by atoms with van der Waals surface area (Å²) < 4.78 is 12.9. The number of hydrogen-bond acceptors (Lipinski definition) is 4. The van der Waals surface area contributed by atoms with E-state index in [0.29, 0.717) is 23.0 Å². The van der Waals surface area contributed by atoms with Crippen LogP contribution in [0.25, 0.3) is 0 Å². The standard InChI is InChI=1S/C14H18FN3O2S/c1-3-4-5-12(11-7-6-10(15)8-17-11)18-14(16-2)21-9-13(19)20/h6-8H,3-5,9H2,1-2H3,(H,19,20). The average Bonchev–Trinajstić information content (AvgIpc) is 2.47. The first-order chi connectivity index (χ1) is 10.1. The van der Waals surface area contributed by atoms with Crippen LogP contribution in [0.4, 0.5) is 4.39 Å². The molecule has 0 aliphatic heterocycles. The van der Waals surface area contributed by atoms with E-state index in [1.807, 2.05) is 0 Å². The van der Waals surface area contributed by atoms with Crippen molar-refractivity contribution >= 4 is 28.6 Å². The minimum Gasteiger partial charge on any atom is -0.481 e. The van der Waals surface area contributed by atoms with Gasteiger partial charge in [0.25, 0.3) is 0 Å². The molecule has 0 saturated carbocycles. The van der Waals surface area contributed by atoms with Crippen LogP contribution in [0.2, 0.25) is 0 Å². The van der Waals surface area contributed by atoms with E-state index < -0.39 is 11.8 Å². The third-order valence-corrected chi connectivity index (χ3v) is 3.46. The van der Waals surface area contributed by atoms with Gasteiger partial charge < -0.3 is 5.11 Å². The van der Waals surface area contributed by atoms with E-state index in [1.54, 1.807) is 13.1 Å². The van der Waals surface area contributed by atoms with E-state index in [-0.39, 0.29) is 5.75 Å². The van der Waals surface area contributed by atoms with Crippen molar-refractivity contribution in [2.24, 2.45) is 9.98 Å². The number of thioether (sulfide) groups is 1. The Morgan fingerprint density at radius 1 is 1.48 bits per heavy atom. The Morgan fingerprint density at radius 3 is 2.76 bits per heavy atom. The largest absolute Gasteiger partial charge is 0.481 e. The van der Waals surface area contributed by atoms with E-state index in [4.69, 9.17) is 5.11 Å². The summed E-state index contributed by atoms with van der Waals surface area (Å²) in [5, 5.41) is 9.09. The third-order valence-electron chi connectivity index (χ3n) is 2.54. The number of carboxylic acids is 1. The van der Waals surface area contributed by atoms with Crippen molar-refractivity contribution in [2.75, 3.05) is 12.8 Å². The quantitative estimate of drug-likeness (QED) is 0.647. The number of hydrogen-bond donors (Lipinski definition) is 1. The monoisotopic (exact) mass is 311 g/mol. The Balaban J connectivity index is 2.96. The SMILES string of the molecule is CCCCC(=NC(=NC)SCC(=O)O)c1ccc(F)cn1. The summed E-state index contributed by atoms with van der Waals surface area (Å²) in [5.74, 6) is -1.43. The molecule has 0 aliphatic rings. The van der Waals surface area contributed by atoms with E-state index >= 15 is 0 Å². The first-order valence-electron chi connectivity index (χ1n) is 6.57. The van der Waals surface area contributed by atoms with E-state index in [9.17, 15) is 9.18 Å². The molecule has 1 rings (SSSR count). The normalized spacial score (nSPS) is 12.5. The molecule has 21 heavy (non-hydrogen) atoms. The fraction of sp³-hybridized carbons (Fsp3) is 0.429. The average molecular weight is 311 g/mol. The maximum Gasteiger partial charge on any atom is 0.313 e. The van der Waals surface area contributed by atoms with Gasteiger partial charge in [-0.25, -0.2) is 9.38 Å². The van der Waals surface area contributed by atoms with Crippen molar-refractivity contribution in [3.63, 3.8) is 0 Å². The zero-order valence-electron chi connectivity index (χ0n) is 12.0. The fourth-order valence-corrected chi connectivity index (χ4v) is 2.08. The second-order valence-electron chi connectivity index (χ2n) is 4.21. The van der Waals surface area contributed by atoms with Gasteiger partial charge in [0, 0.05) is 7.05 Å². The fourth-order valence-electron chi connectivity index (χ4n) is 1.52. The molecular weight excluding hydrogens is 293 g/mol. The van der Waals surface area contributed by atoms with Crippen molar-refractivity contribution in [3.05, 3.63) is 29.8 Å². The molecule has 0 aromatic carbocycles. The number of nitrogens with zero attached hydrogens (tertiary/aromatic N) is 3. The Bertz CT molecular complexity index is 530. The van der Waals surface area contributed by atoms with Crippen LogP contribution in [0.3, 0.4) is 0 Å². The van der Waals surface area contributed by atoms with Gasteiger partial charge in [0.2, 0.25) is 0 Å². The molecule has 0 atom stereocenters. The maximum absolute atomic E-state index is 12.9. The lowest BCUT2D eigenvalue weighted by Gasteiger charge is -2.06. The molecule has 114 valence electrons. The highest BCUT2D eigenvalue weighted by Crippen LogP contribution is 2.12. The first kappa shape index (κ1) is 17.3. The van der Waals surface area contributed by atoms with Gasteiger partial charge in [0.1, 0.15) is 5.82 Å². The zero-order chi connectivity index (χ0) is 15.7. The molecule has 5 nitrogen and oxygen atoms in total. The highest BCUT2D eigenvalue weighted by atomic mass is 32.2. The van der Waals surface area contributed by atoms with Gasteiger partial charge in [0.05, 0.1) is 23.4 Å². The smallest absolute Gasteiger partial charge is 0.313 e. The minimum atomic E-state index is -0.925. The van der Waals surface area contributed by atoms with Crippen molar-refractivity contribution < 1.29 is 14.3 Å². The highest BCUT2D eigenvalue weighted by Gasteiger charge is 2.09. The summed E-state index contributed by atoms with van der Waals surface area (Å²) >= 11 is 1.05. The lowest BCUT2D eigenvalue weighted by molar-refractivity contribution is -0.133. The van der Waals surface area contributed by atoms with Crippen LogP contribution < -0.4 is 0 Å². The summed E-state index contributed by atoms with van der Waals surface area (Å²) in [5.41, 5.74) is 1.28. The molecule has 7 heteroatoms. The molecule has 0 aliphatic carbocycles. The van der Waals surface area contributed by atoms with Crippen molar-refractivity contribution in [3.8, 4) is 0 Å². The summed E-state index contributed by atoms with van der Waals surface area (Å²) in [4.78, 5) is 23.0. The van der Waals surface area contributed by atoms with Crippen LogP contribution in [0.15, 0.2) is 28.3 Å². The summed E-state index contributed by atoms with van der Waals surface area (Å²) in [6.07, 6.45) is 3.73. The molecule has 1 aromatic heterocycles. The van der Waals surface area contributed by atoms with E-state index in [2.05, 4.69) is 21.9 Å². The maximum atomic E-state index is 12.9. The third kappa shape index (κ3) is 6.48. The van der Waals surface area contributed by atoms with Crippen LogP contribution in [0, 0.1) is 5.82 Å². The summed E-state index contributed by atoms with van der Waals surface area (Å²) in [7, 11) is 1.56. The van der Waals surface area contributed by atoms with E-state index in [1.165, 1.54) is 6.07 Å². The number of pyridine rings is 1. The van der Waals surface area contributed by atoms with Gasteiger partial charge in [-0.15, -0.1) is 0 Å². The van der Waals surface area contributed by atoms with Crippen LogP contribution in [-0.4, -0.2) is 39.7 Å². The zero-order valence-corrected chi connectivity index (χ0v) is 12.9. The van der Waals surface area contributed by atoms with Crippen molar-refractivity contribution in [1.29, 1.82) is 0 Å². The van der Waals surface area contributed by atoms with Crippen LogP contribution >= 0.6 is 11.8 Å². The van der Waals surface area contributed by atoms with Gasteiger partial charge in [-0.2, -0.15) is 0 Å². The van der Waals surface area contributed by atoms with Crippen LogP contribution in [0.1, 0.15) is 31.9 Å². The van der Waals surface area contributed by atoms with Gasteiger partial charge >= 0.3 is 5.97 Å². The van der Waals surface area contributed by atoms with Crippen molar-refractivity contribution in [2.45, 2.75) is 26.2 Å². The summed E-state index contributed by atoms with van der Waals surface area (Å²) in [6, 6.07) is 2.90. The Kier molecular flexibility index (Phi) is 7.60. The number of carboxylic acid groups (broad SMARTS) is 1. The number of aliphatic imine (C=N–C) groups is 2. The topological polar surface area (TPSA) is 74.9 Å². The van der Waals surface area contributed by atoms with Crippen LogP contribution in [-0.2, 0) is 4.79 Å². The number of unbranched alkanes of at least 4 members (excludes halogenated alkanes) is 1. The van der Waals surface area contributed by atoms with Crippen molar-refractivity contribution in [1.82, 2.24) is 4.98 Å². The number of amidine groups is 1. The molecule has 0 saturated heterocycles. The number of aliphatic carboxylic acids is 1. The predicted octanol–water partition coefficient (Wildman–Crippen LogP) is 3.00.